The summed E-state index contributed by atoms with van der Waals surface area (Å²) in [6.45, 7) is 9.59. The summed E-state index contributed by atoms with van der Waals surface area (Å²) < 4.78 is 2.40. The molecule has 60 heavy (non-hydrogen) atoms. The van der Waals surface area contributed by atoms with Crippen LogP contribution < -0.4 is 4.90 Å². The van der Waals surface area contributed by atoms with Crippen LogP contribution in [0.1, 0.15) is 49.9 Å². The van der Waals surface area contributed by atoms with Crippen LogP contribution in [0.25, 0.3) is 82.8 Å². The topological polar surface area (TPSA) is 8.17 Å². The second-order valence-electron chi connectivity index (χ2n) is 18.1. The Bertz CT molecular complexity index is 3430. The first-order valence-electron chi connectivity index (χ1n) is 21.3. The van der Waals surface area contributed by atoms with Crippen LogP contribution >= 0.6 is 0 Å². The lowest BCUT2D eigenvalue weighted by molar-refractivity contribution is 0.660. The van der Waals surface area contributed by atoms with Crippen molar-refractivity contribution in [2.24, 2.45) is 0 Å². The summed E-state index contributed by atoms with van der Waals surface area (Å²) in [6, 6.07) is 68.4. The van der Waals surface area contributed by atoms with Crippen molar-refractivity contribution in [3.8, 4) is 50.2 Å². The molecule has 10 aromatic rings. The fourth-order valence-electron chi connectivity index (χ4n) is 11.4. The molecular weight excluding hydrogens is 725 g/mol. The molecule has 0 atom stereocenters. The Morgan fingerprint density at radius 3 is 1.55 bits per heavy atom. The van der Waals surface area contributed by atoms with Crippen molar-refractivity contribution in [1.29, 1.82) is 0 Å². The van der Waals surface area contributed by atoms with Gasteiger partial charge in [-0.1, -0.05) is 143 Å². The first-order valence-corrected chi connectivity index (χ1v) is 21.3. The predicted octanol–water partition coefficient (Wildman–Crippen LogP) is 15.7. The average molecular weight is 767 g/mol. The molecule has 13 rings (SSSR count). The zero-order valence-electron chi connectivity index (χ0n) is 34.2. The minimum Gasteiger partial charge on any atom is -0.310 e. The third kappa shape index (κ3) is 4.33. The molecule has 1 aromatic heterocycles. The molecule has 0 fully saturated rings. The zero-order valence-corrected chi connectivity index (χ0v) is 34.2. The largest absolute Gasteiger partial charge is 0.310 e. The molecule has 2 nitrogen and oxygen atoms in total. The Morgan fingerprint density at radius 2 is 0.850 bits per heavy atom. The Balaban J connectivity index is 0.998. The smallest absolute Gasteiger partial charge is 0.0541 e. The van der Waals surface area contributed by atoms with Crippen LogP contribution in [-0.2, 0) is 10.8 Å². The molecule has 0 N–H and O–H groups in total. The van der Waals surface area contributed by atoms with Crippen LogP contribution in [0.15, 0.2) is 182 Å². The van der Waals surface area contributed by atoms with Gasteiger partial charge in [-0.2, -0.15) is 0 Å². The maximum atomic E-state index is 2.51. The standard InChI is InChI=1S/C58H42N2/c1-57(2)49-21-10-7-16-41(49)42-30-28-37(32-50(42)57)59(35-24-26-36(27-25-35)60-53-22-11-8-17-43(53)44-18-9-12-23-54(44)60)38-29-31-46-51(33-38)58(3,4)52-34-48-40-15-6-5-14-39(40)45-19-13-20-47(55(45)48)56(46)52/h5-34H,1-4H3. The Hall–Kier alpha value is -7.16. The fourth-order valence-corrected chi connectivity index (χ4v) is 11.4. The van der Waals surface area contributed by atoms with Crippen molar-refractivity contribution in [3.05, 3.63) is 204 Å². The second kappa shape index (κ2) is 11.7. The molecule has 3 aliphatic carbocycles. The molecule has 1 heterocycles. The van der Waals surface area contributed by atoms with Crippen molar-refractivity contribution in [2.75, 3.05) is 4.90 Å². The molecule has 0 bridgehead atoms. The molecule has 2 heteroatoms. The quantitative estimate of drug-likeness (QED) is 0.173. The van der Waals surface area contributed by atoms with Gasteiger partial charge in [-0.25, -0.2) is 0 Å². The van der Waals surface area contributed by atoms with E-state index in [1.54, 1.807) is 0 Å². The summed E-state index contributed by atoms with van der Waals surface area (Å²) in [4.78, 5) is 2.48. The highest BCUT2D eigenvalue weighted by molar-refractivity contribution is 6.20. The van der Waals surface area contributed by atoms with E-state index in [1.807, 2.05) is 0 Å². The lowest BCUT2D eigenvalue weighted by Crippen LogP contribution is -2.18. The molecule has 0 unspecified atom stereocenters. The number of benzene rings is 9. The maximum Gasteiger partial charge on any atom is 0.0541 e. The van der Waals surface area contributed by atoms with Crippen LogP contribution in [0.4, 0.5) is 17.1 Å². The molecule has 0 spiro atoms. The molecular formula is C58H42N2. The van der Waals surface area contributed by atoms with E-state index in [1.165, 1.54) is 99.3 Å². The Kier molecular flexibility index (Phi) is 6.61. The van der Waals surface area contributed by atoms with Gasteiger partial charge in [-0.3, -0.25) is 0 Å². The van der Waals surface area contributed by atoms with E-state index in [-0.39, 0.29) is 10.8 Å². The molecule has 3 aliphatic rings. The molecule has 0 radical (unpaired) electrons. The molecule has 0 amide bonds. The third-order valence-electron chi connectivity index (χ3n) is 14.3. The summed E-state index contributed by atoms with van der Waals surface area (Å²) in [7, 11) is 0. The van der Waals surface area contributed by atoms with Crippen LogP contribution in [-0.4, -0.2) is 4.57 Å². The number of nitrogens with zero attached hydrogens (tertiary/aromatic N) is 2. The van der Waals surface area contributed by atoms with E-state index in [2.05, 4.69) is 219 Å². The van der Waals surface area contributed by atoms with Gasteiger partial charge in [0, 0.05) is 44.4 Å². The van der Waals surface area contributed by atoms with E-state index in [0.717, 1.165) is 22.7 Å². The van der Waals surface area contributed by atoms with Crippen LogP contribution in [0.3, 0.4) is 0 Å². The number of anilines is 3. The highest BCUT2D eigenvalue weighted by Crippen LogP contribution is 2.58. The lowest BCUT2D eigenvalue weighted by atomic mass is 9.80. The van der Waals surface area contributed by atoms with Gasteiger partial charge >= 0.3 is 0 Å². The van der Waals surface area contributed by atoms with Gasteiger partial charge in [-0.15, -0.1) is 0 Å². The lowest BCUT2D eigenvalue weighted by Gasteiger charge is -2.30. The molecule has 9 aromatic carbocycles. The van der Waals surface area contributed by atoms with Gasteiger partial charge in [0.1, 0.15) is 0 Å². The van der Waals surface area contributed by atoms with Crippen molar-refractivity contribution in [3.63, 3.8) is 0 Å². The molecule has 0 aliphatic heterocycles. The van der Waals surface area contributed by atoms with E-state index in [9.17, 15) is 0 Å². The number of fused-ring (bicyclic) bond motifs is 13. The maximum absolute atomic E-state index is 2.51. The monoisotopic (exact) mass is 766 g/mol. The van der Waals surface area contributed by atoms with Crippen LogP contribution in [0, 0.1) is 0 Å². The first-order chi connectivity index (χ1) is 29.3. The SMILES string of the molecule is CC1(C)c2ccccc2-c2ccc(N(c3ccc(-n4c5ccccc5c5ccccc54)cc3)c3ccc4c(c3)C(C)(C)c3cc5c6c(cccc6c3-4)-c3ccccc3-5)cc21. The van der Waals surface area contributed by atoms with Crippen molar-refractivity contribution in [1.82, 2.24) is 4.57 Å². The predicted molar refractivity (Wildman–Crippen MR) is 253 cm³/mol. The zero-order chi connectivity index (χ0) is 40.1. The number of hydrogen-bond acceptors (Lipinski definition) is 1. The van der Waals surface area contributed by atoms with E-state index >= 15 is 0 Å². The normalized spacial score (nSPS) is 14.6. The minimum absolute atomic E-state index is 0.114. The highest BCUT2D eigenvalue weighted by Gasteiger charge is 2.40. The number of para-hydroxylation sites is 2. The highest BCUT2D eigenvalue weighted by atomic mass is 15.1. The second-order valence-corrected chi connectivity index (χ2v) is 18.1. The third-order valence-corrected chi connectivity index (χ3v) is 14.3. The van der Waals surface area contributed by atoms with Crippen LogP contribution in [0.2, 0.25) is 0 Å². The molecule has 284 valence electrons. The van der Waals surface area contributed by atoms with Crippen LogP contribution in [0.5, 0.6) is 0 Å². The summed E-state index contributed by atoms with van der Waals surface area (Å²) in [5, 5.41) is 5.29. The minimum atomic E-state index is -0.202. The average Bonchev–Trinajstić information content (AvgIpc) is 3.94. The van der Waals surface area contributed by atoms with Gasteiger partial charge in [0.05, 0.1) is 11.0 Å². The number of hydrogen-bond donors (Lipinski definition) is 0. The summed E-state index contributed by atoms with van der Waals surface area (Å²) in [6.07, 6.45) is 0. The number of rotatable bonds is 4. The molecule has 0 saturated carbocycles. The summed E-state index contributed by atoms with van der Waals surface area (Å²) in [5.41, 5.74) is 23.0. The molecule has 0 saturated heterocycles. The summed E-state index contributed by atoms with van der Waals surface area (Å²) in [5.74, 6) is 0. The van der Waals surface area contributed by atoms with E-state index in [0.29, 0.717) is 0 Å². The van der Waals surface area contributed by atoms with Gasteiger partial charge in [0.2, 0.25) is 0 Å². The van der Waals surface area contributed by atoms with Gasteiger partial charge in [0.15, 0.2) is 0 Å². The van der Waals surface area contributed by atoms with Gasteiger partial charge in [0.25, 0.3) is 0 Å². The van der Waals surface area contributed by atoms with Crippen molar-refractivity contribution in [2.45, 2.75) is 38.5 Å². The van der Waals surface area contributed by atoms with Crippen molar-refractivity contribution < 1.29 is 0 Å². The summed E-state index contributed by atoms with van der Waals surface area (Å²) >= 11 is 0. The van der Waals surface area contributed by atoms with Gasteiger partial charge < -0.3 is 9.47 Å². The first kappa shape index (κ1) is 33.8. The van der Waals surface area contributed by atoms with Crippen molar-refractivity contribution >= 4 is 49.6 Å². The van der Waals surface area contributed by atoms with Gasteiger partial charge in [-0.05, 0) is 144 Å². The van der Waals surface area contributed by atoms with E-state index < -0.39 is 0 Å². The Morgan fingerprint density at radius 1 is 0.350 bits per heavy atom. The van der Waals surface area contributed by atoms with E-state index in [4.69, 9.17) is 0 Å². The fraction of sp³-hybridized carbons (Fsp3) is 0.103. The Labute approximate surface area is 350 Å². The number of aromatic nitrogens is 1.